The molecule has 0 fully saturated rings. The Hall–Kier alpha value is -7.49. The number of fused-ring (bicyclic) bond motifs is 6. The molecule has 0 atom stereocenters. The van der Waals surface area contributed by atoms with Crippen molar-refractivity contribution in [3.8, 4) is 61.6 Å². The van der Waals surface area contributed by atoms with E-state index in [2.05, 4.69) is 222 Å². The second-order valence-electron chi connectivity index (χ2n) is 14.4. The summed E-state index contributed by atoms with van der Waals surface area (Å²) in [4.78, 5) is 7.57. The first kappa shape index (κ1) is 32.0. The monoisotopic (exact) mass is 713 g/mol. The van der Waals surface area contributed by atoms with Crippen LogP contribution in [-0.4, -0.2) is 9.55 Å². The third-order valence-electron chi connectivity index (χ3n) is 11.2. The van der Waals surface area contributed by atoms with Gasteiger partial charge in [-0.1, -0.05) is 158 Å². The number of anilines is 3. The van der Waals surface area contributed by atoms with Crippen molar-refractivity contribution in [2.75, 3.05) is 4.90 Å². The van der Waals surface area contributed by atoms with Crippen molar-refractivity contribution in [3.63, 3.8) is 0 Å². The number of para-hydroxylation sites is 3. The van der Waals surface area contributed by atoms with Gasteiger partial charge in [-0.25, -0.2) is 4.98 Å². The zero-order valence-electron chi connectivity index (χ0n) is 30.5. The van der Waals surface area contributed by atoms with Crippen LogP contribution in [0.5, 0.6) is 0 Å². The third kappa shape index (κ3) is 5.32. The molecule has 0 radical (unpaired) electrons. The number of imidazole rings is 1. The fraction of sp³-hybridized carbons (Fsp3) is 0. The Balaban J connectivity index is 0.928. The first-order valence-electron chi connectivity index (χ1n) is 19.1. The van der Waals surface area contributed by atoms with Gasteiger partial charge >= 0.3 is 0 Å². The molecule has 56 heavy (non-hydrogen) atoms. The van der Waals surface area contributed by atoms with Crippen molar-refractivity contribution in [3.05, 3.63) is 212 Å². The summed E-state index contributed by atoms with van der Waals surface area (Å²) in [6, 6.07) is 76.3. The predicted molar refractivity (Wildman–Crippen MR) is 234 cm³/mol. The minimum absolute atomic E-state index is 0.944. The van der Waals surface area contributed by atoms with Gasteiger partial charge in [0.25, 0.3) is 0 Å². The Kier molecular flexibility index (Phi) is 7.49. The van der Waals surface area contributed by atoms with E-state index in [4.69, 9.17) is 4.98 Å². The first-order chi connectivity index (χ1) is 27.8. The average molecular weight is 714 g/mol. The van der Waals surface area contributed by atoms with Gasteiger partial charge in [0, 0.05) is 33.8 Å². The summed E-state index contributed by atoms with van der Waals surface area (Å²) < 4.78 is 2.36. The van der Waals surface area contributed by atoms with Crippen LogP contribution in [0.1, 0.15) is 0 Å². The average Bonchev–Trinajstić information content (AvgIpc) is 3.61. The lowest BCUT2D eigenvalue weighted by Gasteiger charge is -2.26. The van der Waals surface area contributed by atoms with Gasteiger partial charge in [0.05, 0.1) is 16.7 Å². The van der Waals surface area contributed by atoms with E-state index in [-0.39, 0.29) is 0 Å². The van der Waals surface area contributed by atoms with Crippen molar-refractivity contribution in [2.45, 2.75) is 0 Å². The van der Waals surface area contributed by atoms with Gasteiger partial charge in [-0.3, -0.25) is 4.57 Å². The van der Waals surface area contributed by atoms with Crippen molar-refractivity contribution in [1.82, 2.24) is 9.55 Å². The fourth-order valence-electron chi connectivity index (χ4n) is 8.43. The molecule has 0 N–H and O–H groups in total. The second kappa shape index (κ2) is 13.1. The Morgan fingerprint density at radius 2 is 0.839 bits per heavy atom. The van der Waals surface area contributed by atoms with Gasteiger partial charge in [-0.05, 0) is 98.8 Å². The number of nitrogens with zero attached hydrogens (tertiary/aromatic N) is 3. The molecule has 2 heterocycles. The number of rotatable bonds is 6. The predicted octanol–water partition coefficient (Wildman–Crippen LogP) is 14.3. The molecule has 0 aliphatic carbocycles. The minimum Gasteiger partial charge on any atom is -0.311 e. The van der Waals surface area contributed by atoms with Gasteiger partial charge in [0.1, 0.15) is 5.82 Å². The van der Waals surface area contributed by atoms with E-state index in [1.807, 2.05) is 0 Å². The largest absolute Gasteiger partial charge is 0.311 e. The molecule has 0 unspecified atom stereocenters. The second-order valence-corrected chi connectivity index (χ2v) is 14.4. The number of hydrogen-bond acceptors (Lipinski definition) is 2. The van der Waals surface area contributed by atoms with Gasteiger partial charge < -0.3 is 4.90 Å². The van der Waals surface area contributed by atoms with Gasteiger partial charge in [-0.2, -0.15) is 0 Å². The lowest BCUT2D eigenvalue weighted by atomic mass is 9.94. The summed E-state index contributed by atoms with van der Waals surface area (Å²) in [6.07, 6.45) is 0. The molecule has 0 spiro atoms. The fourth-order valence-corrected chi connectivity index (χ4v) is 8.43. The highest BCUT2D eigenvalue weighted by Crippen LogP contribution is 2.45. The van der Waals surface area contributed by atoms with Crippen LogP contribution >= 0.6 is 0 Å². The zero-order chi connectivity index (χ0) is 37.0. The molecule has 0 bridgehead atoms. The van der Waals surface area contributed by atoms with Gasteiger partial charge in [0.2, 0.25) is 0 Å². The van der Waals surface area contributed by atoms with Crippen molar-refractivity contribution < 1.29 is 0 Å². The molecule has 3 nitrogen and oxygen atoms in total. The van der Waals surface area contributed by atoms with Gasteiger partial charge in [0.15, 0.2) is 0 Å². The molecule has 3 heteroatoms. The molecular formula is C53H35N3. The highest BCUT2D eigenvalue weighted by molar-refractivity contribution is 6.03. The summed E-state index contributed by atoms with van der Waals surface area (Å²) in [5.74, 6) is 0.944. The summed E-state index contributed by atoms with van der Waals surface area (Å²) >= 11 is 0. The van der Waals surface area contributed by atoms with E-state index in [9.17, 15) is 0 Å². The van der Waals surface area contributed by atoms with E-state index in [1.54, 1.807) is 0 Å². The maximum atomic E-state index is 5.25. The molecular weight excluding hydrogens is 679 g/mol. The molecule has 0 saturated heterocycles. The van der Waals surface area contributed by atoms with Crippen LogP contribution in [0.4, 0.5) is 17.1 Å². The summed E-state index contributed by atoms with van der Waals surface area (Å²) in [5.41, 5.74) is 17.3. The van der Waals surface area contributed by atoms with E-state index >= 15 is 0 Å². The van der Waals surface area contributed by atoms with Crippen LogP contribution in [0, 0.1) is 0 Å². The maximum Gasteiger partial charge on any atom is 0.145 e. The Labute approximate surface area is 326 Å². The highest BCUT2D eigenvalue weighted by Gasteiger charge is 2.25. The molecule has 1 aliphatic heterocycles. The quantitative estimate of drug-likeness (QED) is 0.171. The molecule has 1 aromatic heterocycles. The molecule has 9 aromatic carbocycles. The van der Waals surface area contributed by atoms with Crippen LogP contribution in [0.2, 0.25) is 0 Å². The zero-order valence-corrected chi connectivity index (χ0v) is 30.5. The van der Waals surface area contributed by atoms with Crippen molar-refractivity contribution >= 4 is 38.9 Å². The Morgan fingerprint density at radius 1 is 0.339 bits per heavy atom. The smallest absolute Gasteiger partial charge is 0.145 e. The summed E-state index contributed by atoms with van der Waals surface area (Å²) in [5, 5.41) is 2.51. The molecule has 262 valence electrons. The van der Waals surface area contributed by atoms with Crippen molar-refractivity contribution in [2.24, 2.45) is 0 Å². The minimum atomic E-state index is 0.944. The van der Waals surface area contributed by atoms with Crippen LogP contribution in [0.25, 0.3) is 83.4 Å². The van der Waals surface area contributed by atoms with E-state index in [0.29, 0.717) is 0 Å². The summed E-state index contributed by atoms with van der Waals surface area (Å²) in [6.45, 7) is 0. The van der Waals surface area contributed by atoms with E-state index in [1.165, 1.54) is 44.2 Å². The maximum absolute atomic E-state index is 5.25. The lowest BCUT2D eigenvalue weighted by molar-refractivity contribution is 1.11. The third-order valence-corrected chi connectivity index (χ3v) is 11.2. The van der Waals surface area contributed by atoms with E-state index < -0.39 is 0 Å². The molecule has 0 saturated carbocycles. The standard InChI is InChI=1S/C53H35N3/c1-2-13-43(14-3-1)55(45-33-29-39(30-34-45)42-26-23-36-11-4-5-12-41(36)35-42)44-31-27-38(28-32-44)37-21-24-40(25-22-37)53-54-50-19-10-18-49-47-16-7-6-15-46(47)48-17-8-9-20-51(48)56(53)52(49)50/h1-35H. The van der Waals surface area contributed by atoms with Crippen LogP contribution in [-0.2, 0) is 0 Å². The highest BCUT2D eigenvalue weighted by atomic mass is 15.1. The number of aromatic nitrogens is 2. The molecule has 0 amide bonds. The van der Waals surface area contributed by atoms with E-state index in [0.717, 1.165) is 56.3 Å². The van der Waals surface area contributed by atoms with Gasteiger partial charge in [-0.15, -0.1) is 0 Å². The normalized spacial score (nSPS) is 11.6. The number of benzene rings is 9. The molecule has 10 aromatic rings. The molecule has 1 aliphatic rings. The summed E-state index contributed by atoms with van der Waals surface area (Å²) in [7, 11) is 0. The first-order valence-corrected chi connectivity index (χ1v) is 19.1. The van der Waals surface area contributed by atoms with Crippen molar-refractivity contribution in [1.29, 1.82) is 0 Å². The number of hydrogen-bond donors (Lipinski definition) is 0. The lowest BCUT2D eigenvalue weighted by Crippen LogP contribution is -2.09. The Bertz CT molecular complexity index is 3050. The Morgan fingerprint density at radius 3 is 1.55 bits per heavy atom. The topological polar surface area (TPSA) is 21.1 Å². The SMILES string of the molecule is c1ccc(N(c2ccc(-c3ccc(-c4nc5cccc6c5n4-c4ccccc4-c4ccccc4-6)cc3)cc2)c2ccc(-c3ccc4ccccc4c3)cc2)cc1. The van der Waals surface area contributed by atoms with Crippen LogP contribution in [0.15, 0.2) is 212 Å². The van der Waals surface area contributed by atoms with Crippen LogP contribution < -0.4 is 4.90 Å². The van der Waals surface area contributed by atoms with Crippen LogP contribution in [0.3, 0.4) is 0 Å². The molecule has 11 rings (SSSR count).